The molecule has 1 atom stereocenters. The molecule has 1 N–H and O–H groups in total. The van der Waals surface area contributed by atoms with E-state index in [4.69, 9.17) is 21.7 Å². The van der Waals surface area contributed by atoms with Crippen LogP contribution in [0.1, 0.15) is 40.0 Å². The number of unbranched alkanes of at least 4 members (excludes halogenated alkanes) is 2. The molecular formula is C22H32FNO2S. The normalized spacial score (nSPS) is 12.8. The predicted octanol–water partition coefficient (Wildman–Crippen LogP) is 5.47. The molecule has 0 radical (unpaired) electrons. The van der Waals surface area contributed by atoms with Crippen LogP contribution in [0.2, 0.25) is 0 Å². The van der Waals surface area contributed by atoms with E-state index in [2.05, 4.69) is 32.2 Å². The fourth-order valence-corrected chi connectivity index (χ4v) is 2.36. The van der Waals surface area contributed by atoms with Crippen LogP contribution in [-0.2, 0) is 4.74 Å². The maximum Gasteiger partial charge on any atom is 0.126 e. The number of nitrogens with one attached hydrogen (secondary N) is 1. The first-order valence-corrected chi connectivity index (χ1v) is 9.99. The van der Waals surface area contributed by atoms with Crippen molar-refractivity contribution >= 4 is 17.2 Å². The summed E-state index contributed by atoms with van der Waals surface area (Å²) in [6.07, 6.45) is 11.1. The Hall–Kier alpha value is -1.72. The van der Waals surface area contributed by atoms with E-state index < -0.39 is 0 Å². The van der Waals surface area contributed by atoms with Gasteiger partial charge in [0.2, 0.25) is 0 Å². The minimum absolute atomic E-state index is 0.292. The monoisotopic (exact) mass is 393 g/mol. The van der Waals surface area contributed by atoms with Gasteiger partial charge in [-0.05, 0) is 50.3 Å². The predicted molar refractivity (Wildman–Crippen MR) is 115 cm³/mol. The highest BCUT2D eigenvalue weighted by molar-refractivity contribution is 7.80. The zero-order valence-electron chi connectivity index (χ0n) is 16.6. The maximum absolute atomic E-state index is 13.0. The smallest absolute Gasteiger partial charge is 0.126 e. The van der Waals surface area contributed by atoms with Crippen LogP contribution in [-0.4, -0.2) is 30.9 Å². The molecule has 0 saturated carbocycles. The van der Waals surface area contributed by atoms with Gasteiger partial charge >= 0.3 is 0 Å². The van der Waals surface area contributed by atoms with Crippen LogP contribution < -0.4 is 10.1 Å². The van der Waals surface area contributed by atoms with E-state index in [1.807, 2.05) is 18.2 Å². The number of hydrogen-bond donors (Lipinski definition) is 1. The highest BCUT2D eigenvalue weighted by atomic mass is 32.1. The van der Waals surface area contributed by atoms with Crippen molar-refractivity contribution in [3.8, 4) is 5.75 Å². The van der Waals surface area contributed by atoms with Gasteiger partial charge < -0.3 is 14.8 Å². The lowest BCUT2D eigenvalue weighted by molar-refractivity contribution is 0.0974. The molecule has 0 saturated heterocycles. The summed E-state index contributed by atoms with van der Waals surface area (Å²) < 4.78 is 23.9. The molecule has 5 heteroatoms. The molecule has 0 aromatic heterocycles. The number of ether oxygens (including phenoxy) is 2. The number of halogens is 1. The summed E-state index contributed by atoms with van der Waals surface area (Å²) >= 11 is 5.28. The third-order valence-corrected chi connectivity index (χ3v) is 4.32. The van der Waals surface area contributed by atoms with Crippen LogP contribution >= 0.6 is 12.2 Å². The van der Waals surface area contributed by atoms with E-state index in [9.17, 15) is 4.39 Å². The fourth-order valence-electron chi connectivity index (χ4n) is 2.10. The topological polar surface area (TPSA) is 30.5 Å². The summed E-state index contributed by atoms with van der Waals surface area (Å²) in [4.78, 5) is 0.773. The summed E-state index contributed by atoms with van der Waals surface area (Å²) in [7, 11) is 0. The van der Waals surface area contributed by atoms with Crippen molar-refractivity contribution in [3.05, 3.63) is 54.4 Å². The van der Waals surface area contributed by atoms with Crippen molar-refractivity contribution < 1.29 is 13.9 Å². The van der Waals surface area contributed by atoms with Crippen LogP contribution in [0.15, 0.2) is 48.6 Å². The molecule has 0 amide bonds. The van der Waals surface area contributed by atoms with Gasteiger partial charge in [-0.1, -0.05) is 50.4 Å². The molecule has 3 nitrogen and oxygen atoms in total. The Balaban J connectivity index is 1.97. The quantitative estimate of drug-likeness (QED) is 0.208. The van der Waals surface area contributed by atoms with Crippen molar-refractivity contribution in [1.82, 2.24) is 5.32 Å². The van der Waals surface area contributed by atoms with Gasteiger partial charge in [-0.2, -0.15) is 0 Å². The minimum atomic E-state index is -0.292. The standard InChI is InChI=1S/C22H32FNO2S/c1-18(2)19(3)24-22(27)13-8-6-4-5-7-9-14-25-15-16-26-21-12-10-11-20(23)17-21/h4,6,8,10-13,17-19H,5,7,9,14-16H2,1-3H3,(H,24,27)/b6-4+,13-8+. The minimum Gasteiger partial charge on any atom is -0.491 e. The summed E-state index contributed by atoms with van der Waals surface area (Å²) in [6, 6.07) is 6.51. The Bertz CT molecular complexity index is 602. The lowest BCUT2D eigenvalue weighted by Gasteiger charge is -2.17. The second-order valence-corrected chi connectivity index (χ2v) is 7.18. The number of allylic oxidation sites excluding steroid dienone is 3. The summed E-state index contributed by atoms with van der Waals surface area (Å²) in [5, 5.41) is 3.29. The van der Waals surface area contributed by atoms with Crippen LogP contribution in [0.3, 0.4) is 0 Å². The molecule has 0 spiro atoms. The highest BCUT2D eigenvalue weighted by Gasteiger charge is 2.05. The van der Waals surface area contributed by atoms with Gasteiger partial charge in [0.1, 0.15) is 18.2 Å². The van der Waals surface area contributed by atoms with E-state index in [1.54, 1.807) is 12.1 Å². The van der Waals surface area contributed by atoms with E-state index in [1.165, 1.54) is 12.1 Å². The van der Waals surface area contributed by atoms with Crippen LogP contribution in [0.4, 0.5) is 4.39 Å². The molecule has 27 heavy (non-hydrogen) atoms. The van der Waals surface area contributed by atoms with Gasteiger partial charge in [0.05, 0.1) is 11.6 Å². The van der Waals surface area contributed by atoms with Gasteiger partial charge in [0, 0.05) is 18.7 Å². The molecule has 1 unspecified atom stereocenters. The number of benzene rings is 1. The van der Waals surface area contributed by atoms with Gasteiger partial charge in [0.25, 0.3) is 0 Å². The molecule has 0 fully saturated rings. The zero-order valence-corrected chi connectivity index (χ0v) is 17.4. The van der Waals surface area contributed by atoms with Crippen LogP contribution in [0, 0.1) is 11.7 Å². The van der Waals surface area contributed by atoms with Crippen LogP contribution in [0.5, 0.6) is 5.75 Å². The highest BCUT2D eigenvalue weighted by Crippen LogP contribution is 2.11. The number of hydrogen-bond acceptors (Lipinski definition) is 3. The Morgan fingerprint density at radius 1 is 1.15 bits per heavy atom. The Labute approximate surface area is 168 Å². The first-order valence-electron chi connectivity index (χ1n) is 9.59. The Morgan fingerprint density at radius 2 is 1.96 bits per heavy atom. The van der Waals surface area contributed by atoms with Gasteiger partial charge in [-0.3, -0.25) is 0 Å². The van der Waals surface area contributed by atoms with Gasteiger partial charge in [-0.25, -0.2) is 4.39 Å². The lowest BCUT2D eigenvalue weighted by atomic mass is 10.1. The Kier molecular flexibility index (Phi) is 12.4. The third-order valence-electron chi connectivity index (χ3n) is 4.07. The first kappa shape index (κ1) is 23.3. The summed E-state index contributed by atoms with van der Waals surface area (Å²) in [6.45, 7) is 8.12. The van der Waals surface area contributed by atoms with E-state index in [-0.39, 0.29) is 5.82 Å². The van der Waals surface area contributed by atoms with Crippen molar-refractivity contribution in [1.29, 1.82) is 0 Å². The largest absolute Gasteiger partial charge is 0.491 e. The molecular weight excluding hydrogens is 361 g/mol. The average Bonchev–Trinajstić information content (AvgIpc) is 2.62. The molecule has 1 aromatic rings. The molecule has 0 heterocycles. The molecule has 0 aliphatic carbocycles. The molecule has 0 aliphatic heterocycles. The average molecular weight is 394 g/mol. The van der Waals surface area contributed by atoms with Crippen LogP contribution in [0.25, 0.3) is 0 Å². The fraction of sp³-hybridized carbons (Fsp3) is 0.500. The molecule has 1 aromatic carbocycles. The second-order valence-electron chi connectivity index (χ2n) is 6.74. The lowest BCUT2D eigenvalue weighted by Crippen LogP contribution is -2.33. The SMILES string of the molecule is CC(C)C(C)NC(=S)/C=C/C=C/CCCCOCCOc1cccc(F)c1. The summed E-state index contributed by atoms with van der Waals surface area (Å²) in [5.74, 6) is 0.798. The molecule has 150 valence electrons. The van der Waals surface area contributed by atoms with Crippen molar-refractivity contribution in [2.75, 3.05) is 19.8 Å². The van der Waals surface area contributed by atoms with E-state index >= 15 is 0 Å². The molecule has 0 bridgehead atoms. The van der Waals surface area contributed by atoms with Crippen molar-refractivity contribution in [2.24, 2.45) is 5.92 Å². The summed E-state index contributed by atoms with van der Waals surface area (Å²) in [5.41, 5.74) is 0. The Morgan fingerprint density at radius 3 is 2.70 bits per heavy atom. The zero-order chi connectivity index (χ0) is 19.9. The third kappa shape index (κ3) is 12.3. The van der Waals surface area contributed by atoms with Gasteiger partial charge in [-0.15, -0.1) is 0 Å². The number of thiocarbonyl (C=S) groups is 1. The molecule has 1 rings (SSSR count). The first-order chi connectivity index (χ1) is 13.0. The van der Waals surface area contributed by atoms with Crippen molar-refractivity contribution in [3.63, 3.8) is 0 Å². The number of rotatable bonds is 13. The van der Waals surface area contributed by atoms with E-state index in [0.717, 1.165) is 24.3 Å². The van der Waals surface area contributed by atoms with E-state index in [0.29, 0.717) is 37.5 Å². The maximum atomic E-state index is 13.0. The molecule has 0 aliphatic rings. The van der Waals surface area contributed by atoms with Gasteiger partial charge in [0.15, 0.2) is 0 Å². The second kappa shape index (κ2) is 14.4. The van der Waals surface area contributed by atoms with Crippen molar-refractivity contribution in [2.45, 2.75) is 46.1 Å².